The van der Waals surface area contributed by atoms with Crippen molar-refractivity contribution in [1.82, 2.24) is 20.2 Å². The van der Waals surface area contributed by atoms with Crippen LogP contribution in [0.25, 0.3) is 10.2 Å². The molecule has 0 aromatic carbocycles. The Bertz CT molecular complexity index is 960. The minimum Gasteiger partial charge on any atom is -0.474 e. The number of nitrogens with one attached hydrogen (secondary N) is 1. The van der Waals surface area contributed by atoms with E-state index >= 15 is 0 Å². The van der Waals surface area contributed by atoms with Crippen molar-refractivity contribution in [3.8, 4) is 11.9 Å². The summed E-state index contributed by atoms with van der Waals surface area (Å²) in [5.74, 6) is 1.10. The van der Waals surface area contributed by atoms with Gasteiger partial charge in [0.05, 0.1) is 18.0 Å². The highest BCUT2D eigenvalue weighted by atomic mass is 32.1. The number of fused-ring (bicyclic) bond motifs is 3. The van der Waals surface area contributed by atoms with Crippen LogP contribution in [0.5, 0.6) is 5.88 Å². The zero-order valence-electron chi connectivity index (χ0n) is 16.4. The van der Waals surface area contributed by atoms with Gasteiger partial charge in [0.1, 0.15) is 17.3 Å². The van der Waals surface area contributed by atoms with Crippen LogP contribution >= 0.6 is 11.3 Å². The van der Waals surface area contributed by atoms with Gasteiger partial charge >= 0.3 is 0 Å². The molecule has 29 heavy (non-hydrogen) atoms. The molecule has 2 aromatic heterocycles. The van der Waals surface area contributed by atoms with Crippen LogP contribution in [0.15, 0.2) is 6.33 Å². The normalized spacial score (nSPS) is 27.4. The zero-order chi connectivity index (χ0) is 19.8. The summed E-state index contributed by atoms with van der Waals surface area (Å²) < 4.78 is 6.41. The molecule has 1 atom stereocenters. The van der Waals surface area contributed by atoms with E-state index in [4.69, 9.17) is 4.74 Å². The molecule has 1 aliphatic heterocycles. The minimum absolute atomic E-state index is 0.135. The number of carbonyl (C=O) groups is 1. The third-order valence-corrected chi connectivity index (χ3v) is 7.71. The molecule has 0 unspecified atom stereocenters. The van der Waals surface area contributed by atoms with Gasteiger partial charge in [0.2, 0.25) is 11.8 Å². The summed E-state index contributed by atoms with van der Waals surface area (Å²) >= 11 is 1.73. The van der Waals surface area contributed by atoms with Crippen LogP contribution in [0.3, 0.4) is 0 Å². The maximum atomic E-state index is 11.7. The number of hydrogen-bond acceptors (Lipinski definition) is 7. The van der Waals surface area contributed by atoms with Crippen molar-refractivity contribution >= 4 is 27.5 Å². The van der Waals surface area contributed by atoms with E-state index in [1.165, 1.54) is 10.4 Å². The monoisotopic (exact) mass is 411 g/mol. The quantitative estimate of drug-likeness (QED) is 0.832. The Morgan fingerprint density at radius 3 is 2.93 bits per heavy atom. The maximum Gasteiger partial charge on any atom is 0.234 e. The van der Waals surface area contributed by atoms with E-state index < -0.39 is 0 Å². The topological polar surface area (TPSA) is 91.1 Å². The van der Waals surface area contributed by atoms with E-state index in [0.717, 1.165) is 61.8 Å². The second kappa shape index (κ2) is 7.88. The van der Waals surface area contributed by atoms with Crippen molar-refractivity contribution in [2.75, 3.05) is 19.6 Å². The molecule has 7 nitrogen and oxygen atoms in total. The zero-order valence-corrected chi connectivity index (χ0v) is 17.2. The Morgan fingerprint density at radius 2 is 2.14 bits per heavy atom. The van der Waals surface area contributed by atoms with Crippen molar-refractivity contribution in [3.05, 3.63) is 16.8 Å². The number of ether oxygens (including phenoxy) is 1. The molecule has 2 fully saturated rings. The summed E-state index contributed by atoms with van der Waals surface area (Å²) in [4.78, 5) is 25.3. The number of rotatable bonds is 4. The van der Waals surface area contributed by atoms with Gasteiger partial charge in [-0.3, -0.25) is 9.69 Å². The van der Waals surface area contributed by atoms with Crippen LogP contribution in [-0.2, 0) is 11.2 Å². The number of aromatic nitrogens is 2. The van der Waals surface area contributed by atoms with E-state index in [-0.39, 0.29) is 17.9 Å². The lowest BCUT2D eigenvalue weighted by Gasteiger charge is -2.38. The van der Waals surface area contributed by atoms with Crippen LogP contribution in [0.4, 0.5) is 0 Å². The predicted molar refractivity (Wildman–Crippen MR) is 110 cm³/mol. The molecule has 0 bridgehead atoms. The van der Waals surface area contributed by atoms with Crippen molar-refractivity contribution < 1.29 is 9.53 Å². The van der Waals surface area contributed by atoms with Gasteiger partial charge in [0.25, 0.3) is 0 Å². The number of carbonyl (C=O) groups excluding carboxylic acids is 1. The smallest absolute Gasteiger partial charge is 0.234 e. The fourth-order valence-electron chi connectivity index (χ4n) is 5.10. The Morgan fingerprint density at radius 1 is 1.28 bits per heavy atom. The van der Waals surface area contributed by atoms with Crippen molar-refractivity contribution in [2.24, 2.45) is 0 Å². The third kappa shape index (κ3) is 3.58. The Hall–Kier alpha value is -2.24. The van der Waals surface area contributed by atoms with Crippen LogP contribution < -0.4 is 10.1 Å². The first-order valence-corrected chi connectivity index (χ1v) is 11.3. The lowest BCUT2D eigenvalue weighted by Crippen LogP contribution is -2.52. The highest BCUT2D eigenvalue weighted by Gasteiger charge is 2.32. The van der Waals surface area contributed by atoms with Gasteiger partial charge in [-0.15, -0.1) is 11.3 Å². The van der Waals surface area contributed by atoms with E-state index in [1.54, 1.807) is 17.7 Å². The summed E-state index contributed by atoms with van der Waals surface area (Å²) in [6.45, 7) is 2.21. The number of thiophene rings is 1. The Labute approximate surface area is 174 Å². The molecule has 1 amide bonds. The number of amides is 1. The fourth-order valence-corrected chi connectivity index (χ4v) is 6.33. The van der Waals surface area contributed by atoms with E-state index in [2.05, 4.69) is 26.3 Å². The largest absolute Gasteiger partial charge is 0.474 e. The predicted octanol–water partition coefficient (Wildman–Crippen LogP) is 2.76. The highest BCUT2D eigenvalue weighted by molar-refractivity contribution is 7.19. The van der Waals surface area contributed by atoms with Crippen LogP contribution in [0.2, 0.25) is 0 Å². The highest BCUT2D eigenvalue weighted by Crippen LogP contribution is 2.47. The number of piperazine rings is 1. The van der Waals surface area contributed by atoms with E-state index in [0.29, 0.717) is 24.9 Å². The Kier molecular flexibility index (Phi) is 5.10. The van der Waals surface area contributed by atoms with Gasteiger partial charge in [-0.05, 0) is 50.0 Å². The molecule has 2 aliphatic carbocycles. The number of nitrogens with zero attached hydrogens (tertiary/aromatic N) is 4. The van der Waals surface area contributed by atoms with E-state index in [1.807, 2.05) is 0 Å². The molecular weight excluding hydrogens is 386 g/mol. The molecule has 152 valence electrons. The Balaban J connectivity index is 1.30. The molecule has 2 aromatic rings. The molecule has 5 rings (SSSR count). The van der Waals surface area contributed by atoms with Gasteiger partial charge in [0.15, 0.2) is 0 Å². The van der Waals surface area contributed by atoms with Crippen molar-refractivity contribution in [1.29, 1.82) is 5.26 Å². The molecule has 0 radical (unpaired) electrons. The van der Waals surface area contributed by atoms with Crippen LogP contribution in [0, 0.1) is 11.3 Å². The second-order valence-corrected chi connectivity index (χ2v) is 9.35. The average Bonchev–Trinajstić information content (AvgIpc) is 3.29. The lowest BCUT2D eigenvalue weighted by molar-refractivity contribution is -0.125. The third-order valence-electron chi connectivity index (χ3n) is 6.54. The fraction of sp³-hybridized carbons (Fsp3) is 0.619. The molecule has 3 heterocycles. The van der Waals surface area contributed by atoms with Crippen molar-refractivity contribution in [3.63, 3.8) is 0 Å². The first-order chi connectivity index (χ1) is 14.2. The molecule has 8 heteroatoms. The molecule has 3 aliphatic rings. The average molecular weight is 412 g/mol. The van der Waals surface area contributed by atoms with Crippen molar-refractivity contribution in [2.45, 2.75) is 63.0 Å². The summed E-state index contributed by atoms with van der Waals surface area (Å²) in [6.07, 6.45) is 8.39. The van der Waals surface area contributed by atoms with Gasteiger partial charge in [-0.2, -0.15) is 5.26 Å². The number of nitriles is 1. The van der Waals surface area contributed by atoms with E-state index in [9.17, 15) is 10.1 Å². The second-order valence-electron chi connectivity index (χ2n) is 8.26. The minimum atomic E-state index is 0.135. The van der Waals surface area contributed by atoms with Gasteiger partial charge in [0, 0.05) is 30.4 Å². The summed E-state index contributed by atoms with van der Waals surface area (Å²) in [6, 6.07) is 2.80. The summed E-state index contributed by atoms with van der Waals surface area (Å²) in [7, 11) is 0. The van der Waals surface area contributed by atoms with Crippen LogP contribution in [-0.4, -0.2) is 52.6 Å². The summed E-state index contributed by atoms with van der Waals surface area (Å²) in [5, 5.41) is 13.1. The first kappa shape index (κ1) is 18.8. The first-order valence-electron chi connectivity index (χ1n) is 10.5. The van der Waals surface area contributed by atoms with Crippen LogP contribution in [0.1, 0.15) is 54.9 Å². The molecule has 1 saturated heterocycles. The SMILES string of the molecule is N#CC[C@H]1CCc2sc3ncnc(OC4CCC(N5CCNC(=O)C5)CC4)c3c21. The molecule has 0 spiro atoms. The summed E-state index contributed by atoms with van der Waals surface area (Å²) in [5.41, 5.74) is 1.26. The number of aryl methyl sites for hydroxylation is 1. The maximum absolute atomic E-state index is 11.7. The molecule has 1 saturated carbocycles. The molecule has 1 N–H and O–H groups in total. The number of hydrogen-bond donors (Lipinski definition) is 1. The standard InChI is InChI=1S/C21H25N5O2S/c22-8-7-13-1-6-16-18(13)19-20(24-12-25-21(19)29-16)28-15-4-2-14(3-5-15)26-10-9-23-17(27)11-26/h12-15H,1-7,9-11H2,(H,23,27)/t13-,14?,15?/m1/s1. The van der Waals surface area contributed by atoms with Gasteiger partial charge < -0.3 is 10.1 Å². The lowest BCUT2D eigenvalue weighted by atomic mass is 9.91. The van der Waals surface area contributed by atoms with Gasteiger partial charge in [-0.25, -0.2) is 9.97 Å². The van der Waals surface area contributed by atoms with Gasteiger partial charge in [-0.1, -0.05) is 0 Å². The molecular formula is C21H25N5O2S.